The molecule has 0 unspecified atom stereocenters. The average molecular weight is 234 g/mol. The maximum atomic E-state index is 11.9. The molecule has 2 saturated heterocycles. The fourth-order valence-corrected chi connectivity index (χ4v) is 2.20. The van der Waals surface area contributed by atoms with Gasteiger partial charge in [-0.1, -0.05) is 18.2 Å². The second-order valence-electron chi connectivity index (χ2n) is 4.35. The van der Waals surface area contributed by atoms with Gasteiger partial charge < -0.3 is 14.2 Å². The molecule has 0 aliphatic carbocycles. The van der Waals surface area contributed by atoms with E-state index in [1.807, 2.05) is 18.2 Å². The Kier molecular flexibility index (Phi) is 2.82. The van der Waals surface area contributed by atoms with Gasteiger partial charge in [-0.05, 0) is 25.0 Å². The molecule has 0 spiro atoms. The zero-order valence-electron chi connectivity index (χ0n) is 9.37. The van der Waals surface area contributed by atoms with Crippen LogP contribution >= 0.6 is 0 Å². The number of carbonyl (C=O) groups excluding carboxylic acids is 1. The lowest BCUT2D eigenvalue weighted by atomic mass is 10.1. The highest BCUT2D eigenvalue weighted by Gasteiger charge is 2.40. The van der Waals surface area contributed by atoms with Crippen LogP contribution in [0.4, 0.5) is 0 Å². The summed E-state index contributed by atoms with van der Waals surface area (Å²) in [6.45, 7) is 0.615. The molecule has 3 rings (SSSR count). The van der Waals surface area contributed by atoms with E-state index in [2.05, 4.69) is 0 Å². The largest absolute Gasteiger partial charge is 0.453 e. The van der Waals surface area contributed by atoms with Gasteiger partial charge in [-0.25, -0.2) is 4.79 Å². The molecule has 0 aromatic heterocycles. The van der Waals surface area contributed by atoms with Crippen LogP contribution in [0.2, 0.25) is 0 Å². The molecule has 0 radical (unpaired) electrons. The second-order valence-corrected chi connectivity index (χ2v) is 4.35. The fourth-order valence-electron chi connectivity index (χ4n) is 2.20. The van der Waals surface area contributed by atoms with E-state index >= 15 is 0 Å². The number of ether oxygens (including phenoxy) is 3. The van der Waals surface area contributed by atoms with E-state index in [1.54, 1.807) is 12.1 Å². The number of carbonyl (C=O) groups is 1. The van der Waals surface area contributed by atoms with Crippen molar-refractivity contribution in [1.82, 2.24) is 0 Å². The van der Waals surface area contributed by atoms with Gasteiger partial charge in [-0.2, -0.15) is 0 Å². The lowest BCUT2D eigenvalue weighted by molar-refractivity contribution is -0.155. The molecule has 90 valence electrons. The third-order valence-electron chi connectivity index (χ3n) is 3.12. The molecule has 3 atom stereocenters. The third kappa shape index (κ3) is 2.18. The average Bonchev–Trinajstić information content (AvgIpc) is 2.77. The Morgan fingerprint density at radius 1 is 1.24 bits per heavy atom. The quantitative estimate of drug-likeness (QED) is 0.731. The Balaban J connectivity index is 1.65. The smallest absolute Gasteiger partial charge is 0.338 e. The minimum atomic E-state index is -0.374. The summed E-state index contributed by atoms with van der Waals surface area (Å²) in [5.74, 6) is -0.312. The number of hydrogen-bond donors (Lipinski definition) is 0. The van der Waals surface area contributed by atoms with Gasteiger partial charge in [0.15, 0.2) is 12.4 Å². The predicted molar refractivity (Wildman–Crippen MR) is 59.5 cm³/mol. The highest BCUT2D eigenvalue weighted by atomic mass is 16.7. The summed E-state index contributed by atoms with van der Waals surface area (Å²) < 4.78 is 16.4. The van der Waals surface area contributed by atoms with Crippen molar-refractivity contribution in [2.75, 3.05) is 6.61 Å². The summed E-state index contributed by atoms with van der Waals surface area (Å²) in [6.07, 6.45) is 1.24. The van der Waals surface area contributed by atoms with Crippen LogP contribution in [0.1, 0.15) is 23.2 Å². The van der Waals surface area contributed by atoms with Crippen LogP contribution in [0.3, 0.4) is 0 Å². The maximum Gasteiger partial charge on any atom is 0.338 e. The summed E-state index contributed by atoms with van der Waals surface area (Å²) in [7, 11) is 0. The first kappa shape index (κ1) is 10.7. The first-order valence-corrected chi connectivity index (χ1v) is 5.86. The van der Waals surface area contributed by atoms with Gasteiger partial charge in [-0.15, -0.1) is 0 Å². The van der Waals surface area contributed by atoms with Crippen LogP contribution in [-0.2, 0) is 14.2 Å². The number of rotatable bonds is 2. The van der Waals surface area contributed by atoms with Crippen LogP contribution in [0.25, 0.3) is 0 Å². The first-order chi connectivity index (χ1) is 8.33. The minimum Gasteiger partial charge on any atom is -0.453 e. The van der Waals surface area contributed by atoms with Crippen molar-refractivity contribution in [2.45, 2.75) is 31.3 Å². The van der Waals surface area contributed by atoms with Crippen molar-refractivity contribution >= 4 is 5.97 Å². The second kappa shape index (κ2) is 4.47. The van der Waals surface area contributed by atoms with Crippen LogP contribution in [0, 0.1) is 0 Å². The Labute approximate surface area is 99.5 Å². The summed E-state index contributed by atoms with van der Waals surface area (Å²) in [5, 5.41) is 0. The zero-order chi connectivity index (χ0) is 11.7. The normalized spacial score (nSPS) is 31.2. The van der Waals surface area contributed by atoms with Crippen LogP contribution in [-0.4, -0.2) is 31.1 Å². The first-order valence-electron chi connectivity index (χ1n) is 5.86. The van der Waals surface area contributed by atoms with Crippen molar-refractivity contribution < 1.29 is 19.0 Å². The molecule has 2 fully saturated rings. The predicted octanol–water partition coefficient (Wildman–Crippen LogP) is 1.75. The number of esters is 1. The van der Waals surface area contributed by atoms with Crippen LogP contribution < -0.4 is 0 Å². The molecule has 2 aliphatic heterocycles. The zero-order valence-corrected chi connectivity index (χ0v) is 9.37. The van der Waals surface area contributed by atoms with E-state index < -0.39 is 0 Å². The van der Waals surface area contributed by atoms with E-state index in [4.69, 9.17) is 14.2 Å². The van der Waals surface area contributed by atoms with E-state index in [0.717, 1.165) is 12.8 Å². The molecule has 1 aromatic rings. The van der Waals surface area contributed by atoms with Crippen molar-refractivity contribution in [2.24, 2.45) is 0 Å². The Morgan fingerprint density at radius 3 is 2.88 bits per heavy atom. The minimum absolute atomic E-state index is 0.187. The summed E-state index contributed by atoms with van der Waals surface area (Å²) in [5.41, 5.74) is 0.563. The van der Waals surface area contributed by atoms with Gasteiger partial charge in [-0.3, -0.25) is 0 Å². The molecule has 0 amide bonds. The van der Waals surface area contributed by atoms with Crippen molar-refractivity contribution in [3.8, 4) is 0 Å². The fraction of sp³-hybridized carbons (Fsp3) is 0.462. The molecule has 2 bridgehead atoms. The van der Waals surface area contributed by atoms with Crippen molar-refractivity contribution in [3.05, 3.63) is 35.9 Å². The Hall–Kier alpha value is -1.39. The van der Waals surface area contributed by atoms with E-state index in [-0.39, 0.29) is 24.5 Å². The van der Waals surface area contributed by atoms with Crippen molar-refractivity contribution in [3.63, 3.8) is 0 Å². The molecule has 0 saturated carbocycles. The molecular weight excluding hydrogens is 220 g/mol. The Morgan fingerprint density at radius 2 is 2.06 bits per heavy atom. The lowest BCUT2D eigenvalue weighted by Gasteiger charge is -2.26. The van der Waals surface area contributed by atoms with Gasteiger partial charge >= 0.3 is 5.97 Å². The van der Waals surface area contributed by atoms with E-state index in [1.165, 1.54) is 0 Å². The van der Waals surface area contributed by atoms with Gasteiger partial charge in [0.25, 0.3) is 0 Å². The molecule has 4 heteroatoms. The van der Waals surface area contributed by atoms with Gasteiger partial charge in [0.05, 0.1) is 18.3 Å². The topological polar surface area (TPSA) is 44.8 Å². The monoisotopic (exact) mass is 234 g/mol. The third-order valence-corrected chi connectivity index (χ3v) is 3.12. The van der Waals surface area contributed by atoms with Crippen molar-refractivity contribution in [1.29, 1.82) is 0 Å². The molecule has 2 heterocycles. The molecule has 1 aromatic carbocycles. The van der Waals surface area contributed by atoms with Gasteiger partial charge in [0.1, 0.15) is 0 Å². The standard InChI is InChI=1S/C13H14O4/c14-12(9-4-2-1-3-5-9)17-11-7-6-10-8-15-13(11)16-10/h1-5,10-11,13H,6-8H2/t10-,11+,13-/m0/s1. The van der Waals surface area contributed by atoms with Gasteiger partial charge in [0.2, 0.25) is 0 Å². The SMILES string of the molecule is O=C(O[C@@H]1CC[C@H]2CO[C@H]1O2)c1ccccc1. The highest BCUT2D eigenvalue weighted by molar-refractivity contribution is 5.89. The van der Waals surface area contributed by atoms with Crippen LogP contribution in [0.15, 0.2) is 30.3 Å². The molecule has 2 aliphatic rings. The van der Waals surface area contributed by atoms with E-state index in [9.17, 15) is 4.79 Å². The van der Waals surface area contributed by atoms with Gasteiger partial charge in [0, 0.05) is 0 Å². The summed E-state index contributed by atoms with van der Waals surface area (Å²) >= 11 is 0. The maximum absolute atomic E-state index is 11.9. The molecule has 4 nitrogen and oxygen atoms in total. The Bertz CT molecular complexity index is 403. The van der Waals surface area contributed by atoms with Crippen LogP contribution in [0.5, 0.6) is 0 Å². The number of fused-ring (bicyclic) bond motifs is 2. The lowest BCUT2D eigenvalue weighted by Crippen LogP contribution is -2.36. The highest BCUT2D eigenvalue weighted by Crippen LogP contribution is 2.29. The molecular formula is C13H14O4. The van der Waals surface area contributed by atoms with E-state index in [0.29, 0.717) is 12.2 Å². The summed E-state index contributed by atoms with van der Waals surface area (Å²) in [6, 6.07) is 8.98. The molecule has 0 N–H and O–H groups in total. The molecule has 17 heavy (non-hydrogen) atoms. The number of hydrogen-bond acceptors (Lipinski definition) is 4. The summed E-state index contributed by atoms with van der Waals surface area (Å²) in [4.78, 5) is 11.9. The number of benzene rings is 1.